The monoisotopic (exact) mass is 196 g/mol. The molecular weight excluding hydrogens is 188 g/mol. The van der Waals surface area contributed by atoms with Gasteiger partial charge in [0.2, 0.25) is 0 Å². The summed E-state index contributed by atoms with van der Waals surface area (Å²) in [6, 6.07) is 0. The van der Waals surface area contributed by atoms with Crippen molar-refractivity contribution in [2.45, 2.75) is 11.2 Å². The van der Waals surface area contributed by atoms with Gasteiger partial charge in [-0.05, 0) is 6.42 Å². The second kappa shape index (κ2) is 2.48. The minimum absolute atomic E-state index is 0.533. The Labute approximate surface area is 80.9 Å². The Morgan fingerprint density at radius 2 is 2.31 bits per heavy atom. The summed E-state index contributed by atoms with van der Waals surface area (Å²) in [5.41, 5.74) is 0.688. The third-order valence-electron chi connectivity index (χ3n) is 2.36. The van der Waals surface area contributed by atoms with Crippen molar-refractivity contribution >= 4 is 24.6 Å². The van der Waals surface area contributed by atoms with Gasteiger partial charge in [0.05, 0.1) is 0 Å². The van der Waals surface area contributed by atoms with Gasteiger partial charge in [0.15, 0.2) is 0 Å². The SMILES string of the molecule is C=C1CC=CC2(S)C(=O)OC(=O)C12. The minimum atomic E-state index is -1.10. The van der Waals surface area contributed by atoms with Gasteiger partial charge >= 0.3 is 11.9 Å². The van der Waals surface area contributed by atoms with Crippen LogP contribution in [-0.4, -0.2) is 16.7 Å². The number of rotatable bonds is 0. The first-order valence-corrected chi connectivity index (χ1v) is 4.34. The van der Waals surface area contributed by atoms with E-state index < -0.39 is 22.6 Å². The first-order valence-electron chi connectivity index (χ1n) is 3.89. The van der Waals surface area contributed by atoms with Crippen LogP contribution in [-0.2, 0) is 14.3 Å². The Bertz CT molecular complexity index is 337. The Balaban J connectivity index is 2.53. The summed E-state index contributed by atoms with van der Waals surface area (Å²) >= 11 is 4.18. The van der Waals surface area contributed by atoms with Crippen molar-refractivity contribution in [3.8, 4) is 0 Å². The lowest BCUT2D eigenvalue weighted by molar-refractivity contribution is -0.153. The molecule has 0 saturated carbocycles. The summed E-state index contributed by atoms with van der Waals surface area (Å²) in [7, 11) is 0. The molecule has 0 spiro atoms. The van der Waals surface area contributed by atoms with Crippen LogP contribution in [0.2, 0.25) is 0 Å². The fourth-order valence-electron chi connectivity index (χ4n) is 1.68. The van der Waals surface area contributed by atoms with Crippen molar-refractivity contribution in [2.24, 2.45) is 5.92 Å². The van der Waals surface area contributed by atoms with E-state index in [1.807, 2.05) is 0 Å². The molecule has 1 saturated heterocycles. The molecule has 1 aliphatic heterocycles. The first-order chi connectivity index (χ1) is 6.05. The number of carbonyl (C=O) groups excluding carboxylic acids is 2. The van der Waals surface area contributed by atoms with E-state index in [4.69, 9.17) is 0 Å². The molecule has 4 heteroatoms. The fourth-order valence-corrected chi connectivity index (χ4v) is 2.12. The van der Waals surface area contributed by atoms with Crippen molar-refractivity contribution in [2.75, 3.05) is 0 Å². The highest BCUT2D eigenvalue weighted by atomic mass is 32.1. The van der Waals surface area contributed by atoms with E-state index in [-0.39, 0.29) is 0 Å². The highest BCUT2D eigenvalue weighted by Gasteiger charge is 2.56. The number of carbonyl (C=O) groups is 2. The second-order valence-electron chi connectivity index (χ2n) is 3.23. The molecule has 2 unspecified atom stereocenters. The van der Waals surface area contributed by atoms with Crippen molar-refractivity contribution in [1.29, 1.82) is 0 Å². The molecule has 0 radical (unpaired) electrons. The smallest absolute Gasteiger partial charge is 0.334 e. The zero-order valence-corrected chi connectivity index (χ0v) is 7.71. The molecular formula is C9H8O3S. The van der Waals surface area contributed by atoms with Crippen LogP contribution in [0.15, 0.2) is 24.3 Å². The lowest BCUT2D eigenvalue weighted by Crippen LogP contribution is -2.36. The molecule has 3 nitrogen and oxygen atoms in total. The molecule has 68 valence electrons. The Morgan fingerprint density at radius 3 is 2.92 bits per heavy atom. The van der Waals surface area contributed by atoms with Crippen molar-refractivity contribution in [3.05, 3.63) is 24.3 Å². The van der Waals surface area contributed by atoms with E-state index >= 15 is 0 Å². The van der Waals surface area contributed by atoms with Crippen LogP contribution in [0.3, 0.4) is 0 Å². The van der Waals surface area contributed by atoms with E-state index in [2.05, 4.69) is 23.9 Å². The molecule has 0 aromatic heterocycles. The Hall–Kier alpha value is -1.03. The van der Waals surface area contributed by atoms with Crippen LogP contribution < -0.4 is 0 Å². The van der Waals surface area contributed by atoms with Gasteiger partial charge in [0.1, 0.15) is 10.7 Å². The average molecular weight is 196 g/mol. The third-order valence-corrected chi connectivity index (χ3v) is 2.95. The van der Waals surface area contributed by atoms with Gasteiger partial charge in [-0.2, -0.15) is 12.6 Å². The molecule has 0 amide bonds. The number of hydrogen-bond donors (Lipinski definition) is 1. The molecule has 1 aliphatic carbocycles. The van der Waals surface area contributed by atoms with Gasteiger partial charge < -0.3 is 4.74 Å². The number of esters is 2. The summed E-state index contributed by atoms with van der Waals surface area (Å²) in [5, 5.41) is 0. The minimum Gasteiger partial charge on any atom is -0.391 e. The summed E-state index contributed by atoms with van der Waals surface area (Å²) < 4.78 is 3.41. The van der Waals surface area contributed by atoms with Crippen LogP contribution in [0, 0.1) is 5.92 Å². The fraction of sp³-hybridized carbons (Fsp3) is 0.333. The van der Waals surface area contributed by atoms with E-state index in [0.717, 1.165) is 0 Å². The van der Waals surface area contributed by atoms with Crippen molar-refractivity contribution < 1.29 is 14.3 Å². The lowest BCUT2D eigenvalue weighted by atomic mass is 9.82. The maximum absolute atomic E-state index is 11.3. The standard InChI is InChI=1S/C9H8O3S/c1-5-3-2-4-9(13)6(5)7(10)12-8(9)11/h2,4,6,13H,1,3H2. The number of ether oxygens (including phenoxy) is 1. The van der Waals surface area contributed by atoms with Crippen LogP contribution in [0.4, 0.5) is 0 Å². The van der Waals surface area contributed by atoms with Gasteiger partial charge in [-0.25, -0.2) is 4.79 Å². The second-order valence-corrected chi connectivity index (χ2v) is 3.97. The molecule has 1 fully saturated rings. The van der Waals surface area contributed by atoms with Gasteiger partial charge in [-0.1, -0.05) is 24.3 Å². The molecule has 0 N–H and O–H groups in total. The largest absolute Gasteiger partial charge is 0.391 e. The molecule has 13 heavy (non-hydrogen) atoms. The third kappa shape index (κ3) is 0.983. The van der Waals surface area contributed by atoms with Gasteiger partial charge in [-0.15, -0.1) is 0 Å². The zero-order chi connectivity index (χ0) is 9.64. The van der Waals surface area contributed by atoms with E-state index in [9.17, 15) is 9.59 Å². The number of fused-ring (bicyclic) bond motifs is 1. The Kier molecular flexibility index (Phi) is 1.63. The quantitative estimate of drug-likeness (QED) is 0.270. The van der Waals surface area contributed by atoms with Gasteiger partial charge in [-0.3, -0.25) is 4.79 Å². The molecule has 0 bridgehead atoms. The van der Waals surface area contributed by atoms with Crippen LogP contribution in [0.25, 0.3) is 0 Å². The number of cyclic esters (lactones) is 2. The highest BCUT2D eigenvalue weighted by Crippen LogP contribution is 2.43. The van der Waals surface area contributed by atoms with Crippen molar-refractivity contribution in [1.82, 2.24) is 0 Å². The zero-order valence-electron chi connectivity index (χ0n) is 6.82. The predicted octanol–water partition coefficient (Wildman–Crippen LogP) is 0.871. The maximum atomic E-state index is 11.3. The molecule has 0 aromatic rings. The molecule has 2 atom stereocenters. The topological polar surface area (TPSA) is 43.4 Å². The van der Waals surface area contributed by atoms with Crippen LogP contribution >= 0.6 is 12.6 Å². The summed E-state index contributed by atoms with van der Waals surface area (Å²) in [6.07, 6.45) is 4.00. The van der Waals surface area contributed by atoms with E-state index in [1.54, 1.807) is 12.2 Å². The van der Waals surface area contributed by atoms with Crippen LogP contribution in [0.1, 0.15) is 6.42 Å². The first kappa shape index (κ1) is 8.56. The van der Waals surface area contributed by atoms with E-state index in [1.165, 1.54) is 0 Å². The van der Waals surface area contributed by atoms with Gasteiger partial charge in [0, 0.05) is 0 Å². The predicted molar refractivity (Wildman–Crippen MR) is 49.2 cm³/mol. The van der Waals surface area contributed by atoms with Crippen molar-refractivity contribution in [3.63, 3.8) is 0 Å². The maximum Gasteiger partial charge on any atom is 0.334 e. The number of allylic oxidation sites excluding steroid dienone is 1. The summed E-state index contributed by atoms with van der Waals surface area (Å²) in [6.45, 7) is 3.73. The number of thiol groups is 1. The molecule has 2 rings (SSSR count). The summed E-state index contributed by atoms with van der Waals surface area (Å²) in [4.78, 5) is 22.5. The normalized spacial score (nSPS) is 37.6. The van der Waals surface area contributed by atoms with E-state index in [0.29, 0.717) is 12.0 Å². The highest BCUT2D eigenvalue weighted by molar-refractivity contribution is 7.83. The molecule has 0 aromatic carbocycles. The average Bonchev–Trinajstić information content (AvgIpc) is 2.24. The lowest BCUT2D eigenvalue weighted by Gasteiger charge is -2.25. The summed E-state index contributed by atoms with van der Waals surface area (Å²) in [5.74, 6) is -1.73. The molecule has 2 aliphatic rings. The Morgan fingerprint density at radius 1 is 1.62 bits per heavy atom. The molecule has 1 heterocycles. The number of hydrogen-bond acceptors (Lipinski definition) is 4. The van der Waals surface area contributed by atoms with Crippen LogP contribution in [0.5, 0.6) is 0 Å². The van der Waals surface area contributed by atoms with Gasteiger partial charge in [0.25, 0.3) is 0 Å².